The van der Waals surface area contributed by atoms with Crippen LogP contribution in [0.15, 0.2) is 18.2 Å². The Kier molecular flexibility index (Phi) is 2.74. The van der Waals surface area contributed by atoms with Gasteiger partial charge in [0.1, 0.15) is 5.69 Å². The van der Waals surface area contributed by atoms with Gasteiger partial charge in [0.05, 0.1) is 15.6 Å². The molecule has 0 bridgehead atoms. The zero-order chi connectivity index (χ0) is 11.9. The van der Waals surface area contributed by atoms with E-state index >= 15 is 0 Å². The lowest BCUT2D eigenvalue weighted by atomic mass is 10.1. The molecule has 1 N–H and O–H groups in total. The lowest BCUT2D eigenvalue weighted by molar-refractivity contribution is 0.0691. The standard InChI is InChI=1S/C11H7Cl2NO2/c1-5-4-8(11(15)16)14-10-7(13)3-2-6(12)9(5)10/h2-4H,1H3,(H,15,16). The van der Waals surface area contributed by atoms with E-state index in [1.54, 1.807) is 19.1 Å². The third-order valence-electron chi connectivity index (χ3n) is 2.28. The number of benzene rings is 1. The molecule has 2 rings (SSSR count). The fourth-order valence-electron chi connectivity index (χ4n) is 1.57. The Labute approximate surface area is 102 Å². The van der Waals surface area contributed by atoms with Gasteiger partial charge in [0.15, 0.2) is 0 Å². The molecule has 0 aliphatic carbocycles. The molecule has 0 amide bonds. The van der Waals surface area contributed by atoms with Gasteiger partial charge < -0.3 is 5.11 Å². The number of carboxylic acid groups (broad SMARTS) is 1. The number of halogens is 2. The van der Waals surface area contributed by atoms with Crippen LogP contribution in [0.3, 0.4) is 0 Å². The Morgan fingerprint density at radius 2 is 1.94 bits per heavy atom. The van der Waals surface area contributed by atoms with Gasteiger partial charge in [-0.15, -0.1) is 0 Å². The van der Waals surface area contributed by atoms with Gasteiger partial charge in [-0.1, -0.05) is 23.2 Å². The predicted molar refractivity (Wildman–Crippen MR) is 63.5 cm³/mol. The zero-order valence-corrected chi connectivity index (χ0v) is 9.80. The molecule has 2 aromatic rings. The molecule has 16 heavy (non-hydrogen) atoms. The minimum atomic E-state index is -1.08. The molecular weight excluding hydrogens is 249 g/mol. The number of aryl methyl sites for hydroxylation is 1. The maximum atomic E-state index is 10.9. The highest BCUT2D eigenvalue weighted by molar-refractivity contribution is 6.40. The minimum Gasteiger partial charge on any atom is -0.477 e. The van der Waals surface area contributed by atoms with Crippen LogP contribution in [0, 0.1) is 6.92 Å². The van der Waals surface area contributed by atoms with E-state index in [2.05, 4.69) is 4.98 Å². The molecule has 0 aliphatic heterocycles. The second kappa shape index (κ2) is 3.92. The molecule has 5 heteroatoms. The molecular formula is C11H7Cl2NO2. The van der Waals surface area contributed by atoms with Crippen molar-refractivity contribution >= 4 is 40.1 Å². The van der Waals surface area contributed by atoms with E-state index in [4.69, 9.17) is 28.3 Å². The van der Waals surface area contributed by atoms with E-state index in [1.165, 1.54) is 6.07 Å². The number of hydrogen-bond donors (Lipinski definition) is 1. The van der Waals surface area contributed by atoms with Gasteiger partial charge in [0, 0.05) is 5.39 Å². The lowest BCUT2D eigenvalue weighted by Gasteiger charge is -2.06. The number of rotatable bonds is 1. The van der Waals surface area contributed by atoms with Crippen molar-refractivity contribution in [2.24, 2.45) is 0 Å². The second-order valence-corrected chi connectivity index (χ2v) is 4.20. The maximum Gasteiger partial charge on any atom is 0.354 e. The van der Waals surface area contributed by atoms with Crippen LogP contribution in [0.4, 0.5) is 0 Å². The Balaban J connectivity index is 2.92. The van der Waals surface area contributed by atoms with Gasteiger partial charge >= 0.3 is 5.97 Å². The number of fused-ring (bicyclic) bond motifs is 1. The Hall–Kier alpha value is -1.32. The Morgan fingerprint density at radius 3 is 2.56 bits per heavy atom. The van der Waals surface area contributed by atoms with Crippen LogP contribution in [-0.4, -0.2) is 16.1 Å². The number of nitrogens with zero attached hydrogens (tertiary/aromatic N) is 1. The van der Waals surface area contributed by atoms with E-state index in [0.29, 0.717) is 20.9 Å². The van der Waals surface area contributed by atoms with Crippen molar-refractivity contribution in [3.05, 3.63) is 39.5 Å². The number of aromatic nitrogens is 1. The molecule has 0 fully saturated rings. The van der Waals surface area contributed by atoms with Crippen LogP contribution in [0.1, 0.15) is 16.1 Å². The van der Waals surface area contributed by atoms with Crippen molar-refractivity contribution in [3.63, 3.8) is 0 Å². The Morgan fingerprint density at radius 1 is 1.31 bits per heavy atom. The van der Waals surface area contributed by atoms with E-state index < -0.39 is 5.97 Å². The number of pyridine rings is 1. The van der Waals surface area contributed by atoms with E-state index in [9.17, 15) is 4.79 Å². The fraction of sp³-hybridized carbons (Fsp3) is 0.0909. The largest absolute Gasteiger partial charge is 0.477 e. The number of aromatic carboxylic acids is 1. The highest BCUT2D eigenvalue weighted by Gasteiger charge is 2.12. The number of carboxylic acids is 1. The van der Waals surface area contributed by atoms with E-state index in [-0.39, 0.29) is 5.69 Å². The summed E-state index contributed by atoms with van der Waals surface area (Å²) in [4.78, 5) is 14.8. The highest BCUT2D eigenvalue weighted by atomic mass is 35.5. The first-order chi connectivity index (χ1) is 7.50. The molecule has 0 spiro atoms. The summed E-state index contributed by atoms with van der Waals surface area (Å²) in [6.45, 7) is 1.78. The van der Waals surface area contributed by atoms with Crippen LogP contribution >= 0.6 is 23.2 Å². The molecule has 0 saturated carbocycles. The monoisotopic (exact) mass is 255 g/mol. The van der Waals surface area contributed by atoms with Gasteiger partial charge in [-0.05, 0) is 30.7 Å². The molecule has 3 nitrogen and oxygen atoms in total. The molecule has 1 aromatic heterocycles. The van der Waals surface area contributed by atoms with Crippen LogP contribution in [-0.2, 0) is 0 Å². The molecule has 0 unspecified atom stereocenters. The first kappa shape index (κ1) is 11.2. The molecule has 0 aliphatic rings. The fourth-order valence-corrected chi connectivity index (χ4v) is 2.07. The number of carbonyl (C=O) groups is 1. The van der Waals surface area contributed by atoms with Gasteiger partial charge in [-0.3, -0.25) is 0 Å². The van der Waals surface area contributed by atoms with Crippen molar-refractivity contribution in [2.75, 3.05) is 0 Å². The average molecular weight is 256 g/mol. The van der Waals surface area contributed by atoms with Crippen LogP contribution in [0.2, 0.25) is 10.0 Å². The van der Waals surface area contributed by atoms with Gasteiger partial charge in [0.25, 0.3) is 0 Å². The summed E-state index contributed by atoms with van der Waals surface area (Å²) >= 11 is 12.0. The topological polar surface area (TPSA) is 50.2 Å². The average Bonchev–Trinajstić information content (AvgIpc) is 2.22. The van der Waals surface area contributed by atoms with E-state index in [1.807, 2.05) is 0 Å². The summed E-state index contributed by atoms with van der Waals surface area (Å²) in [5.41, 5.74) is 1.13. The lowest BCUT2D eigenvalue weighted by Crippen LogP contribution is -2.01. The molecule has 1 aromatic carbocycles. The van der Waals surface area contributed by atoms with Crippen LogP contribution in [0.5, 0.6) is 0 Å². The van der Waals surface area contributed by atoms with E-state index in [0.717, 1.165) is 5.56 Å². The van der Waals surface area contributed by atoms with Crippen molar-refractivity contribution < 1.29 is 9.90 Å². The zero-order valence-electron chi connectivity index (χ0n) is 8.29. The molecule has 1 heterocycles. The third-order valence-corrected chi connectivity index (χ3v) is 2.90. The first-order valence-electron chi connectivity index (χ1n) is 4.49. The van der Waals surface area contributed by atoms with Crippen molar-refractivity contribution in [3.8, 4) is 0 Å². The third kappa shape index (κ3) is 1.72. The van der Waals surface area contributed by atoms with Gasteiger partial charge in [0.2, 0.25) is 0 Å². The Bertz CT molecular complexity index is 596. The van der Waals surface area contributed by atoms with Crippen LogP contribution < -0.4 is 0 Å². The second-order valence-electron chi connectivity index (χ2n) is 3.38. The SMILES string of the molecule is Cc1cc(C(=O)O)nc2c(Cl)ccc(Cl)c12. The number of hydrogen-bond acceptors (Lipinski definition) is 2. The first-order valence-corrected chi connectivity index (χ1v) is 5.25. The summed E-state index contributed by atoms with van der Waals surface area (Å²) in [6, 6.07) is 4.75. The van der Waals surface area contributed by atoms with Crippen molar-refractivity contribution in [1.29, 1.82) is 0 Å². The maximum absolute atomic E-state index is 10.9. The summed E-state index contributed by atoms with van der Waals surface area (Å²) in [7, 11) is 0. The molecule has 82 valence electrons. The summed E-state index contributed by atoms with van der Waals surface area (Å²) in [5, 5.41) is 10.5. The van der Waals surface area contributed by atoms with Gasteiger partial charge in [-0.2, -0.15) is 0 Å². The molecule has 0 radical (unpaired) electrons. The predicted octanol–water partition coefficient (Wildman–Crippen LogP) is 3.55. The van der Waals surface area contributed by atoms with Crippen molar-refractivity contribution in [1.82, 2.24) is 4.98 Å². The summed E-state index contributed by atoms with van der Waals surface area (Å²) in [5.74, 6) is -1.08. The quantitative estimate of drug-likeness (QED) is 0.848. The highest BCUT2D eigenvalue weighted by Crippen LogP contribution is 2.31. The van der Waals surface area contributed by atoms with Crippen molar-refractivity contribution in [2.45, 2.75) is 6.92 Å². The smallest absolute Gasteiger partial charge is 0.354 e. The summed E-state index contributed by atoms with van der Waals surface area (Å²) < 4.78 is 0. The molecule has 0 saturated heterocycles. The van der Waals surface area contributed by atoms with Gasteiger partial charge in [-0.25, -0.2) is 9.78 Å². The normalized spacial score (nSPS) is 10.7. The minimum absolute atomic E-state index is 0.0332. The van der Waals surface area contributed by atoms with Crippen LogP contribution in [0.25, 0.3) is 10.9 Å². The molecule has 0 atom stereocenters. The summed E-state index contributed by atoms with van der Waals surface area (Å²) in [6.07, 6.45) is 0.